The number of nitro benzene ring substituents is 1. The fourth-order valence-electron chi connectivity index (χ4n) is 3.29. The Morgan fingerprint density at radius 3 is 2.70 bits per heavy atom. The van der Waals surface area contributed by atoms with Gasteiger partial charge in [-0.2, -0.15) is 0 Å². The van der Waals surface area contributed by atoms with Gasteiger partial charge >= 0.3 is 0 Å². The maximum absolute atomic E-state index is 11.6. The molecule has 2 aromatic rings. The van der Waals surface area contributed by atoms with Gasteiger partial charge < -0.3 is 14.8 Å². The van der Waals surface area contributed by atoms with E-state index in [2.05, 4.69) is 17.1 Å². The minimum absolute atomic E-state index is 0.0602. The van der Waals surface area contributed by atoms with E-state index in [1.54, 1.807) is 13.2 Å². The maximum atomic E-state index is 11.6. The molecule has 1 fully saturated rings. The van der Waals surface area contributed by atoms with Gasteiger partial charge in [-0.15, -0.1) is 0 Å². The molecule has 1 saturated heterocycles. The Morgan fingerprint density at radius 2 is 2.04 bits per heavy atom. The molecule has 1 heterocycles. The summed E-state index contributed by atoms with van der Waals surface area (Å²) < 4.78 is 11.3. The average molecular weight is 371 g/mol. The van der Waals surface area contributed by atoms with Crippen LogP contribution in [0.3, 0.4) is 0 Å². The lowest BCUT2D eigenvalue weighted by molar-refractivity contribution is -0.385. The number of hydrogen-bond acceptors (Lipinski definition) is 6. The number of methoxy groups -OCH3 is 1. The SMILES string of the molecule is COc1cc(CN2CCN[C@@H](C)C2)c([N+](=O)[O-])cc1OCc1ccccc1. The number of nitro groups is 1. The third-order valence-corrected chi connectivity index (χ3v) is 4.65. The van der Waals surface area contributed by atoms with Crippen LogP contribution in [0.5, 0.6) is 11.5 Å². The van der Waals surface area contributed by atoms with E-state index < -0.39 is 0 Å². The van der Waals surface area contributed by atoms with Crippen LogP contribution in [0.25, 0.3) is 0 Å². The Hall–Kier alpha value is -2.64. The van der Waals surface area contributed by atoms with Gasteiger partial charge in [0, 0.05) is 37.8 Å². The summed E-state index contributed by atoms with van der Waals surface area (Å²) >= 11 is 0. The van der Waals surface area contributed by atoms with Crippen LogP contribution in [0.2, 0.25) is 0 Å². The fraction of sp³-hybridized carbons (Fsp3) is 0.400. The molecule has 0 spiro atoms. The standard InChI is InChI=1S/C20H25N3O4/c1-15-12-22(9-8-21-15)13-17-10-19(26-2)20(11-18(17)23(24)25)27-14-16-6-4-3-5-7-16/h3-7,10-11,15,21H,8-9,12-14H2,1-2H3/t15-/m0/s1. The first-order valence-electron chi connectivity index (χ1n) is 9.04. The molecule has 144 valence electrons. The highest BCUT2D eigenvalue weighted by Crippen LogP contribution is 2.36. The lowest BCUT2D eigenvalue weighted by Crippen LogP contribution is -2.48. The summed E-state index contributed by atoms with van der Waals surface area (Å²) in [6.07, 6.45) is 0. The quantitative estimate of drug-likeness (QED) is 0.596. The predicted molar refractivity (Wildman–Crippen MR) is 103 cm³/mol. The van der Waals surface area contributed by atoms with Crippen molar-refractivity contribution in [1.82, 2.24) is 10.2 Å². The second-order valence-corrected chi connectivity index (χ2v) is 6.75. The smallest absolute Gasteiger partial charge is 0.277 e. The molecule has 0 saturated carbocycles. The Kier molecular flexibility index (Phi) is 6.26. The largest absolute Gasteiger partial charge is 0.493 e. The van der Waals surface area contributed by atoms with E-state index in [1.165, 1.54) is 6.07 Å². The van der Waals surface area contributed by atoms with Crippen molar-refractivity contribution in [2.24, 2.45) is 0 Å². The summed E-state index contributed by atoms with van der Waals surface area (Å²) in [4.78, 5) is 13.5. The molecule has 7 nitrogen and oxygen atoms in total. The molecule has 0 radical (unpaired) electrons. The molecule has 1 aliphatic rings. The van der Waals surface area contributed by atoms with Crippen LogP contribution in [0.4, 0.5) is 5.69 Å². The summed E-state index contributed by atoms with van der Waals surface area (Å²) in [6.45, 7) is 5.54. The van der Waals surface area contributed by atoms with Crippen LogP contribution in [0, 0.1) is 10.1 Å². The van der Waals surface area contributed by atoms with Gasteiger partial charge in [0.1, 0.15) is 6.61 Å². The predicted octanol–water partition coefficient (Wildman–Crippen LogP) is 2.98. The van der Waals surface area contributed by atoms with Gasteiger partial charge in [-0.05, 0) is 18.6 Å². The van der Waals surface area contributed by atoms with Crippen molar-refractivity contribution in [2.45, 2.75) is 26.1 Å². The summed E-state index contributed by atoms with van der Waals surface area (Å²) in [6, 6.07) is 13.2. The van der Waals surface area contributed by atoms with Crippen LogP contribution < -0.4 is 14.8 Å². The Morgan fingerprint density at radius 1 is 1.26 bits per heavy atom. The van der Waals surface area contributed by atoms with E-state index in [0.717, 1.165) is 25.2 Å². The second kappa shape index (κ2) is 8.83. The van der Waals surface area contributed by atoms with Crippen LogP contribution in [-0.2, 0) is 13.2 Å². The zero-order valence-electron chi connectivity index (χ0n) is 15.7. The fourth-order valence-corrected chi connectivity index (χ4v) is 3.29. The zero-order valence-corrected chi connectivity index (χ0v) is 15.7. The molecule has 27 heavy (non-hydrogen) atoms. The summed E-state index contributed by atoms with van der Waals surface area (Å²) in [5.74, 6) is 0.889. The summed E-state index contributed by atoms with van der Waals surface area (Å²) in [5, 5.41) is 15.0. The minimum atomic E-state index is -0.351. The van der Waals surface area contributed by atoms with Gasteiger partial charge in [-0.1, -0.05) is 30.3 Å². The van der Waals surface area contributed by atoms with Gasteiger partial charge in [-0.3, -0.25) is 15.0 Å². The van der Waals surface area contributed by atoms with Crippen LogP contribution in [-0.4, -0.2) is 42.6 Å². The molecule has 0 amide bonds. The first-order chi connectivity index (χ1) is 13.1. The van der Waals surface area contributed by atoms with Crippen molar-refractivity contribution < 1.29 is 14.4 Å². The molecule has 3 rings (SSSR count). The molecular formula is C20H25N3O4. The number of hydrogen-bond donors (Lipinski definition) is 1. The van der Waals surface area contributed by atoms with Crippen molar-refractivity contribution >= 4 is 5.69 Å². The van der Waals surface area contributed by atoms with E-state index in [4.69, 9.17) is 9.47 Å². The van der Waals surface area contributed by atoms with Crippen LogP contribution in [0.15, 0.2) is 42.5 Å². The Balaban J connectivity index is 1.82. The Labute approximate surface area is 159 Å². The number of nitrogens with one attached hydrogen (secondary N) is 1. The monoisotopic (exact) mass is 371 g/mol. The minimum Gasteiger partial charge on any atom is -0.493 e. The molecule has 0 aliphatic carbocycles. The normalized spacial score (nSPS) is 17.5. The molecule has 1 N–H and O–H groups in total. The topological polar surface area (TPSA) is 76.9 Å². The van der Waals surface area contributed by atoms with Gasteiger partial charge in [0.15, 0.2) is 11.5 Å². The van der Waals surface area contributed by atoms with Crippen LogP contribution >= 0.6 is 0 Å². The van der Waals surface area contributed by atoms with Gasteiger partial charge in [-0.25, -0.2) is 0 Å². The highest BCUT2D eigenvalue weighted by molar-refractivity contribution is 5.54. The van der Waals surface area contributed by atoms with Gasteiger partial charge in [0.25, 0.3) is 5.69 Å². The molecule has 0 bridgehead atoms. The van der Waals surface area contributed by atoms with E-state index in [9.17, 15) is 10.1 Å². The lowest BCUT2D eigenvalue weighted by Gasteiger charge is -2.31. The van der Waals surface area contributed by atoms with E-state index in [0.29, 0.717) is 36.3 Å². The Bertz CT molecular complexity index is 782. The lowest BCUT2D eigenvalue weighted by atomic mass is 10.1. The molecule has 0 aromatic heterocycles. The van der Waals surface area contributed by atoms with Crippen molar-refractivity contribution in [3.8, 4) is 11.5 Å². The van der Waals surface area contributed by atoms with Crippen molar-refractivity contribution in [3.05, 3.63) is 63.7 Å². The third-order valence-electron chi connectivity index (χ3n) is 4.65. The first kappa shape index (κ1) is 19.1. The van der Waals surface area contributed by atoms with E-state index >= 15 is 0 Å². The van der Waals surface area contributed by atoms with Crippen molar-refractivity contribution in [2.75, 3.05) is 26.7 Å². The highest BCUT2D eigenvalue weighted by Gasteiger charge is 2.23. The third kappa shape index (κ3) is 4.96. The number of piperazine rings is 1. The van der Waals surface area contributed by atoms with Gasteiger partial charge in [0.05, 0.1) is 18.1 Å². The second-order valence-electron chi connectivity index (χ2n) is 6.75. The maximum Gasteiger partial charge on any atom is 0.277 e. The summed E-state index contributed by atoms with van der Waals surface area (Å²) in [7, 11) is 1.55. The summed E-state index contributed by atoms with van der Waals surface area (Å²) in [5.41, 5.74) is 1.68. The van der Waals surface area contributed by atoms with Gasteiger partial charge in [0.2, 0.25) is 0 Å². The number of nitrogens with zero attached hydrogens (tertiary/aromatic N) is 2. The zero-order chi connectivity index (χ0) is 19.2. The molecule has 1 aliphatic heterocycles. The molecule has 0 unspecified atom stereocenters. The number of benzene rings is 2. The van der Waals surface area contributed by atoms with Crippen molar-refractivity contribution in [1.29, 1.82) is 0 Å². The van der Waals surface area contributed by atoms with Crippen LogP contribution in [0.1, 0.15) is 18.1 Å². The average Bonchev–Trinajstić information content (AvgIpc) is 2.67. The first-order valence-corrected chi connectivity index (χ1v) is 9.04. The van der Waals surface area contributed by atoms with Crippen molar-refractivity contribution in [3.63, 3.8) is 0 Å². The van der Waals surface area contributed by atoms with E-state index in [-0.39, 0.29) is 10.6 Å². The molecular weight excluding hydrogens is 346 g/mol. The molecule has 2 aromatic carbocycles. The number of ether oxygens (including phenoxy) is 2. The van der Waals surface area contributed by atoms with E-state index in [1.807, 2.05) is 30.3 Å². The molecule has 1 atom stereocenters. The number of rotatable bonds is 7. The highest BCUT2D eigenvalue weighted by atomic mass is 16.6. The molecule has 7 heteroatoms.